The minimum Gasteiger partial charge on any atom is -0.339 e. The molecule has 0 aliphatic carbocycles. The van der Waals surface area contributed by atoms with Crippen LogP contribution in [0, 0.1) is 13.8 Å². The van der Waals surface area contributed by atoms with E-state index in [1.165, 1.54) is 48.2 Å². The Hall–Kier alpha value is -3.02. The number of likely N-dealkylation sites (tertiary alicyclic amines) is 1. The van der Waals surface area contributed by atoms with Crippen LogP contribution >= 0.6 is 11.8 Å². The fraction of sp³-hybridized carbons (Fsp3) is 0.269. The Kier molecular flexibility index (Phi) is 7.86. The van der Waals surface area contributed by atoms with Crippen molar-refractivity contribution in [3.63, 3.8) is 0 Å². The maximum Gasteiger partial charge on any atom is 0.261 e. The van der Waals surface area contributed by atoms with Gasteiger partial charge in [-0.25, -0.2) is 16.8 Å². The number of nitrogens with one attached hydrogen (secondary N) is 2. The lowest BCUT2D eigenvalue weighted by molar-refractivity contribution is 0.0789. The summed E-state index contributed by atoms with van der Waals surface area (Å²) in [4.78, 5) is 15.4. The van der Waals surface area contributed by atoms with Crippen molar-refractivity contribution in [1.82, 2.24) is 4.90 Å². The number of nitrogens with zero attached hydrogens (tertiary/aromatic N) is 1. The van der Waals surface area contributed by atoms with E-state index in [4.69, 9.17) is 0 Å². The van der Waals surface area contributed by atoms with Gasteiger partial charge >= 0.3 is 0 Å². The number of rotatable bonds is 8. The van der Waals surface area contributed by atoms with Gasteiger partial charge in [-0.05, 0) is 92.6 Å². The predicted molar refractivity (Wildman–Crippen MR) is 147 cm³/mol. The highest BCUT2D eigenvalue weighted by atomic mass is 32.2. The molecule has 37 heavy (non-hydrogen) atoms. The van der Waals surface area contributed by atoms with Crippen molar-refractivity contribution in [2.45, 2.75) is 41.4 Å². The number of hydrogen-bond donors (Lipinski definition) is 2. The largest absolute Gasteiger partial charge is 0.339 e. The normalized spacial score (nSPS) is 14.0. The molecule has 1 aliphatic heterocycles. The summed E-state index contributed by atoms with van der Waals surface area (Å²) >= 11 is 1.39. The summed E-state index contributed by atoms with van der Waals surface area (Å²) in [5, 5.41) is 0. The number of sulfonamides is 2. The number of amides is 1. The summed E-state index contributed by atoms with van der Waals surface area (Å²) in [5.41, 5.74) is 2.75. The SMILES string of the molecule is CSc1ccc(S(=O)(=O)Nc2ccc(S(=O)(=O)Nc3cc(C)ccc3C)cc2)cc1C(=O)N1CCCC1. The molecule has 8 nitrogen and oxygen atoms in total. The molecule has 196 valence electrons. The number of aryl methyl sites for hydroxylation is 2. The van der Waals surface area contributed by atoms with Crippen molar-refractivity contribution in [2.75, 3.05) is 28.8 Å². The van der Waals surface area contributed by atoms with Crippen LogP contribution in [0.4, 0.5) is 11.4 Å². The third kappa shape index (κ3) is 6.11. The second-order valence-electron chi connectivity index (χ2n) is 8.92. The Morgan fingerprint density at radius 1 is 0.811 bits per heavy atom. The summed E-state index contributed by atoms with van der Waals surface area (Å²) in [6.45, 7) is 5.01. The molecule has 0 spiro atoms. The van der Waals surface area contributed by atoms with Crippen LogP contribution in [0.2, 0.25) is 0 Å². The lowest BCUT2D eigenvalue weighted by atomic mass is 10.1. The number of carbonyl (C=O) groups excluding carboxylic acids is 1. The quantitative estimate of drug-likeness (QED) is 0.381. The molecule has 0 saturated carbocycles. The minimum absolute atomic E-state index is 0.000765. The minimum atomic E-state index is -4.02. The number of benzene rings is 3. The molecule has 0 aromatic heterocycles. The Morgan fingerprint density at radius 3 is 2.08 bits per heavy atom. The van der Waals surface area contributed by atoms with Crippen molar-refractivity contribution >= 4 is 49.1 Å². The smallest absolute Gasteiger partial charge is 0.261 e. The molecule has 1 fully saturated rings. The molecule has 0 atom stereocenters. The van der Waals surface area contributed by atoms with E-state index in [9.17, 15) is 21.6 Å². The third-order valence-corrected chi connectivity index (χ3v) is 9.72. The van der Waals surface area contributed by atoms with E-state index in [0.717, 1.165) is 24.0 Å². The molecule has 0 bridgehead atoms. The fourth-order valence-electron chi connectivity index (χ4n) is 4.08. The van der Waals surface area contributed by atoms with E-state index in [1.54, 1.807) is 17.0 Å². The van der Waals surface area contributed by atoms with Crippen LogP contribution < -0.4 is 9.44 Å². The molecule has 3 aromatic rings. The Bertz CT molecular complexity index is 1530. The van der Waals surface area contributed by atoms with Crippen LogP contribution in [0.15, 0.2) is 75.4 Å². The summed E-state index contributed by atoms with van der Waals surface area (Å²) in [5.74, 6) is -0.176. The fourth-order valence-corrected chi connectivity index (χ4v) is 6.85. The van der Waals surface area contributed by atoms with Crippen LogP contribution in [0.3, 0.4) is 0 Å². The van der Waals surface area contributed by atoms with Crippen LogP contribution in [0.1, 0.15) is 34.3 Å². The Labute approximate surface area is 222 Å². The van der Waals surface area contributed by atoms with Crippen molar-refractivity contribution in [1.29, 1.82) is 0 Å². The highest BCUT2D eigenvalue weighted by molar-refractivity contribution is 7.98. The first-order chi connectivity index (χ1) is 17.5. The first kappa shape index (κ1) is 27.0. The number of anilines is 2. The lowest BCUT2D eigenvalue weighted by Gasteiger charge is -2.18. The van der Waals surface area contributed by atoms with Crippen LogP contribution in [-0.4, -0.2) is 47.0 Å². The Morgan fingerprint density at radius 2 is 1.43 bits per heavy atom. The lowest BCUT2D eigenvalue weighted by Crippen LogP contribution is -2.28. The van der Waals surface area contributed by atoms with Gasteiger partial charge in [-0.15, -0.1) is 11.8 Å². The standard InChI is InChI=1S/C26H29N3O5S3/c1-18-6-7-19(2)24(16-18)28-36(31,32)21-10-8-20(9-11-21)27-37(33,34)22-12-13-25(35-3)23(17-22)26(30)29-14-4-5-15-29/h6-13,16-17,27-28H,4-5,14-15H2,1-3H3. The zero-order valence-corrected chi connectivity index (χ0v) is 23.3. The summed E-state index contributed by atoms with van der Waals surface area (Å²) in [7, 11) is -7.89. The maximum atomic E-state index is 13.1. The van der Waals surface area contributed by atoms with Gasteiger partial charge in [-0.1, -0.05) is 12.1 Å². The molecular weight excluding hydrogens is 531 g/mol. The molecule has 1 heterocycles. The van der Waals surface area contributed by atoms with E-state index in [0.29, 0.717) is 29.2 Å². The average molecular weight is 560 g/mol. The van der Waals surface area contributed by atoms with Gasteiger partial charge in [0.05, 0.1) is 21.0 Å². The molecule has 3 aromatic carbocycles. The van der Waals surface area contributed by atoms with E-state index in [2.05, 4.69) is 9.44 Å². The molecule has 2 N–H and O–H groups in total. The molecule has 0 unspecified atom stereocenters. The molecule has 1 saturated heterocycles. The summed E-state index contributed by atoms with van der Waals surface area (Å²) in [6.07, 6.45) is 3.71. The van der Waals surface area contributed by atoms with Gasteiger partial charge in [0.15, 0.2) is 0 Å². The molecule has 4 rings (SSSR count). The van der Waals surface area contributed by atoms with Gasteiger partial charge in [-0.2, -0.15) is 0 Å². The second-order valence-corrected chi connectivity index (χ2v) is 13.1. The van der Waals surface area contributed by atoms with E-state index >= 15 is 0 Å². The van der Waals surface area contributed by atoms with Crippen molar-refractivity contribution < 1.29 is 21.6 Å². The number of thioether (sulfide) groups is 1. The maximum absolute atomic E-state index is 13.1. The predicted octanol–water partition coefficient (Wildman–Crippen LogP) is 4.86. The van der Waals surface area contributed by atoms with E-state index < -0.39 is 20.0 Å². The molecular formula is C26H29N3O5S3. The second kappa shape index (κ2) is 10.8. The number of carbonyl (C=O) groups is 1. The zero-order chi connectivity index (χ0) is 26.8. The summed E-state index contributed by atoms with van der Waals surface area (Å²) in [6, 6.07) is 15.4. The van der Waals surface area contributed by atoms with Crippen molar-refractivity contribution in [2.24, 2.45) is 0 Å². The first-order valence-electron chi connectivity index (χ1n) is 11.7. The van der Waals surface area contributed by atoms with Gasteiger partial charge in [0, 0.05) is 23.7 Å². The van der Waals surface area contributed by atoms with Crippen LogP contribution in [0.25, 0.3) is 0 Å². The highest BCUT2D eigenvalue weighted by Gasteiger charge is 2.25. The van der Waals surface area contributed by atoms with Gasteiger partial charge < -0.3 is 4.90 Å². The number of hydrogen-bond acceptors (Lipinski definition) is 6. The van der Waals surface area contributed by atoms with Gasteiger partial charge in [0.2, 0.25) is 0 Å². The molecule has 0 radical (unpaired) electrons. The van der Waals surface area contributed by atoms with Gasteiger partial charge in [0.1, 0.15) is 0 Å². The zero-order valence-electron chi connectivity index (χ0n) is 20.8. The highest BCUT2D eigenvalue weighted by Crippen LogP contribution is 2.28. The van der Waals surface area contributed by atoms with Crippen LogP contribution in [-0.2, 0) is 20.0 Å². The van der Waals surface area contributed by atoms with E-state index in [-0.39, 0.29) is 21.4 Å². The monoisotopic (exact) mass is 559 g/mol. The molecule has 11 heteroatoms. The molecule has 1 aliphatic rings. The Balaban J connectivity index is 1.54. The average Bonchev–Trinajstić information content (AvgIpc) is 3.40. The molecule has 1 amide bonds. The van der Waals surface area contributed by atoms with Gasteiger partial charge in [-0.3, -0.25) is 14.2 Å². The van der Waals surface area contributed by atoms with Crippen molar-refractivity contribution in [3.8, 4) is 0 Å². The van der Waals surface area contributed by atoms with Crippen LogP contribution in [0.5, 0.6) is 0 Å². The van der Waals surface area contributed by atoms with E-state index in [1.807, 2.05) is 32.2 Å². The van der Waals surface area contributed by atoms with Crippen molar-refractivity contribution in [3.05, 3.63) is 77.4 Å². The topological polar surface area (TPSA) is 113 Å². The first-order valence-corrected chi connectivity index (χ1v) is 15.9. The summed E-state index contributed by atoms with van der Waals surface area (Å²) < 4.78 is 57.0. The third-order valence-electron chi connectivity index (χ3n) is 6.16. The van der Waals surface area contributed by atoms with Gasteiger partial charge in [0.25, 0.3) is 26.0 Å².